The third kappa shape index (κ3) is 4.62. The molecule has 2 atom stereocenters. The largest absolute Gasteiger partial charge is 0.354 e. The lowest BCUT2D eigenvalue weighted by molar-refractivity contribution is -0.127. The van der Waals surface area contributed by atoms with Gasteiger partial charge in [-0.3, -0.25) is 9.69 Å². The first-order valence-electron chi connectivity index (χ1n) is 9.54. The molecule has 1 heterocycles. The Hall–Kier alpha value is -1.30. The van der Waals surface area contributed by atoms with Crippen LogP contribution in [0.1, 0.15) is 45.4 Å². The molecule has 3 rings (SSSR count). The van der Waals surface area contributed by atoms with Crippen LogP contribution in [0.3, 0.4) is 0 Å². The van der Waals surface area contributed by atoms with Gasteiger partial charge < -0.3 is 15.5 Å². The maximum atomic E-state index is 11.9. The van der Waals surface area contributed by atoms with Crippen molar-refractivity contribution in [1.29, 1.82) is 0 Å². The smallest absolute Gasteiger partial charge is 0.243 e. The molecule has 1 aliphatic heterocycles. The Labute approximate surface area is 146 Å². The van der Waals surface area contributed by atoms with Gasteiger partial charge in [0.15, 0.2) is 5.96 Å². The number of likely N-dealkylation sites (N-methyl/N-ethyl adjacent to an activating group) is 1. The molecular weight excluding hydrogens is 302 g/mol. The minimum atomic E-state index is 0.0431. The number of nitrogens with zero attached hydrogens (tertiary/aromatic N) is 3. The van der Waals surface area contributed by atoms with Crippen molar-refractivity contribution in [3.05, 3.63) is 0 Å². The molecule has 0 spiro atoms. The zero-order valence-corrected chi connectivity index (χ0v) is 15.4. The second-order valence-corrected chi connectivity index (χ2v) is 7.99. The van der Waals surface area contributed by atoms with Gasteiger partial charge in [-0.15, -0.1) is 0 Å². The van der Waals surface area contributed by atoms with E-state index in [1.807, 2.05) is 0 Å². The second kappa shape index (κ2) is 7.72. The van der Waals surface area contributed by atoms with Crippen LogP contribution < -0.4 is 10.6 Å². The highest BCUT2D eigenvalue weighted by molar-refractivity contribution is 5.85. The van der Waals surface area contributed by atoms with Crippen molar-refractivity contribution in [2.45, 2.75) is 63.6 Å². The first-order chi connectivity index (χ1) is 11.5. The fraction of sp³-hybridized carbons (Fsp3) is 0.889. The topological polar surface area (TPSA) is 60.0 Å². The summed E-state index contributed by atoms with van der Waals surface area (Å²) in [5, 5.41) is 7.19. The Bertz CT molecular complexity index is 468. The number of hydrogen-bond donors (Lipinski definition) is 2. The summed E-state index contributed by atoms with van der Waals surface area (Å²) >= 11 is 0. The fourth-order valence-electron chi connectivity index (χ4n) is 3.79. The number of carbonyl (C=O) groups excluding carboxylic acids is 1. The summed E-state index contributed by atoms with van der Waals surface area (Å²) in [7, 11) is 3.56. The first kappa shape index (κ1) is 17.5. The van der Waals surface area contributed by atoms with E-state index in [4.69, 9.17) is 0 Å². The molecule has 0 aromatic heterocycles. The van der Waals surface area contributed by atoms with Gasteiger partial charge in [0.1, 0.15) is 6.54 Å². The van der Waals surface area contributed by atoms with Gasteiger partial charge in [-0.05, 0) is 31.6 Å². The zero-order valence-electron chi connectivity index (χ0n) is 15.4. The van der Waals surface area contributed by atoms with E-state index in [-0.39, 0.29) is 12.5 Å². The van der Waals surface area contributed by atoms with Gasteiger partial charge in [0.05, 0.1) is 0 Å². The molecule has 0 aromatic rings. The summed E-state index contributed by atoms with van der Waals surface area (Å²) in [5.41, 5.74) is 0. The molecule has 2 aliphatic carbocycles. The van der Waals surface area contributed by atoms with E-state index in [0.29, 0.717) is 18.0 Å². The molecule has 2 N–H and O–H groups in total. The Morgan fingerprint density at radius 2 is 1.83 bits per heavy atom. The van der Waals surface area contributed by atoms with E-state index < -0.39 is 0 Å². The highest BCUT2D eigenvalue weighted by atomic mass is 16.2. The molecule has 0 bridgehead atoms. The minimum absolute atomic E-state index is 0.0431. The van der Waals surface area contributed by atoms with Crippen molar-refractivity contribution in [1.82, 2.24) is 20.4 Å². The first-order valence-corrected chi connectivity index (χ1v) is 9.54. The van der Waals surface area contributed by atoms with Gasteiger partial charge in [-0.2, -0.15) is 0 Å². The molecule has 24 heavy (non-hydrogen) atoms. The molecule has 0 aromatic carbocycles. The van der Waals surface area contributed by atoms with Gasteiger partial charge >= 0.3 is 0 Å². The van der Waals surface area contributed by atoms with Crippen LogP contribution in [0.15, 0.2) is 4.99 Å². The van der Waals surface area contributed by atoms with Crippen molar-refractivity contribution in [2.24, 2.45) is 10.9 Å². The molecule has 2 saturated carbocycles. The Balaban J connectivity index is 1.59. The van der Waals surface area contributed by atoms with E-state index in [1.54, 1.807) is 19.0 Å². The molecule has 1 saturated heterocycles. The molecule has 1 amide bonds. The Morgan fingerprint density at radius 1 is 1.12 bits per heavy atom. The van der Waals surface area contributed by atoms with E-state index >= 15 is 0 Å². The summed E-state index contributed by atoms with van der Waals surface area (Å²) in [5.74, 6) is 1.49. The van der Waals surface area contributed by atoms with Gasteiger partial charge in [-0.1, -0.05) is 19.8 Å². The van der Waals surface area contributed by atoms with Gasteiger partial charge in [0.25, 0.3) is 0 Å². The van der Waals surface area contributed by atoms with Gasteiger partial charge in [-0.25, -0.2) is 4.99 Å². The number of hydrogen-bond acceptors (Lipinski definition) is 3. The molecule has 136 valence electrons. The minimum Gasteiger partial charge on any atom is -0.354 e. The predicted molar refractivity (Wildman–Crippen MR) is 97.1 cm³/mol. The molecule has 3 aliphatic rings. The Morgan fingerprint density at radius 3 is 2.46 bits per heavy atom. The average Bonchev–Trinajstić information content (AvgIpc) is 3.16. The average molecular weight is 335 g/mol. The standard InChI is InChI=1S/C18H33N5O/c1-13-11-23(15-8-9-15)12-16(13)21-18(19-10-17(24)22(2)3)20-14-6-4-5-7-14/h13-16H,4-12H2,1-3H3,(H2,19,20,21). The molecule has 0 radical (unpaired) electrons. The number of guanidine groups is 1. The zero-order chi connectivity index (χ0) is 17.1. The SMILES string of the molecule is CC1CN(C2CC2)CC1NC(=NCC(=O)N(C)C)NC1CCCC1. The van der Waals surface area contributed by atoms with Crippen LogP contribution in [0.2, 0.25) is 0 Å². The number of nitrogens with one attached hydrogen (secondary N) is 2. The number of aliphatic imine (C=N–C) groups is 1. The summed E-state index contributed by atoms with van der Waals surface area (Å²) in [6, 6.07) is 1.74. The summed E-state index contributed by atoms with van der Waals surface area (Å²) in [6.07, 6.45) is 7.71. The van der Waals surface area contributed by atoms with Crippen LogP contribution in [0, 0.1) is 5.92 Å². The predicted octanol–water partition coefficient (Wildman–Crippen LogP) is 1.04. The van der Waals surface area contributed by atoms with E-state index in [2.05, 4.69) is 27.4 Å². The third-order valence-corrected chi connectivity index (χ3v) is 5.59. The lowest BCUT2D eigenvalue weighted by atomic mass is 10.1. The second-order valence-electron chi connectivity index (χ2n) is 7.99. The molecule has 6 nitrogen and oxygen atoms in total. The Kier molecular flexibility index (Phi) is 5.64. The summed E-state index contributed by atoms with van der Waals surface area (Å²) in [4.78, 5) is 20.7. The van der Waals surface area contributed by atoms with Crippen LogP contribution in [-0.4, -0.2) is 73.5 Å². The fourth-order valence-corrected chi connectivity index (χ4v) is 3.79. The number of likely N-dealkylation sites (tertiary alicyclic amines) is 1. The van der Waals surface area contributed by atoms with Crippen molar-refractivity contribution in [3.8, 4) is 0 Å². The number of rotatable bonds is 5. The molecule has 6 heteroatoms. The number of amides is 1. The maximum Gasteiger partial charge on any atom is 0.243 e. The summed E-state index contributed by atoms with van der Waals surface area (Å²) < 4.78 is 0. The van der Waals surface area contributed by atoms with Crippen LogP contribution in [-0.2, 0) is 4.79 Å². The third-order valence-electron chi connectivity index (χ3n) is 5.59. The van der Waals surface area contributed by atoms with Gasteiger partial charge in [0, 0.05) is 45.3 Å². The molecule has 2 unspecified atom stereocenters. The molecular formula is C18H33N5O. The van der Waals surface area contributed by atoms with Crippen molar-refractivity contribution in [3.63, 3.8) is 0 Å². The highest BCUT2D eigenvalue weighted by Gasteiger charge is 2.38. The maximum absolute atomic E-state index is 11.9. The van der Waals surface area contributed by atoms with E-state index in [0.717, 1.165) is 18.5 Å². The molecule has 3 fully saturated rings. The lowest BCUT2D eigenvalue weighted by Crippen LogP contribution is -2.49. The van der Waals surface area contributed by atoms with E-state index in [1.165, 1.54) is 45.1 Å². The lowest BCUT2D eigenvalue weighted by Gasteiger charge is -2.23. The number of carbonyl (C=O) groups is 1. The monoisotopic (exact) mass is 335 g/mol. The quantitative estimate of drug-likeness (QED) is 0.582. The van der Waals surface area contributed by atoms with Crippen molar-refractivity contribution in [2.75, 3.05) is 33.7 Å². The van der Waals surface area contributed by atoms with E-state index in [9.17, 15) is 4.79 Å². The van der Waals surface area contributed by atoms with Crippen molar-refractivity contribution < 1.29 is 4.79 Å². The van der Waals surface area contributed by atoms with Crippen molar-refractivity contribution >= 4 is 11.9 Å². The summed E-state index contributed by atoms with van der Waals surface area (Å²) in [6.45, 7) is 4.80. The van der Waals surface area contributed by atoms with Crippen LogP contribution in [0.4, 0.5) is 0 Å². The highest BCUT2D eigenvalue weighted by Crippen LogP contribution is 2.31. The van der Waals surface area contributed by atoms with Gasteiger partial charge in [0.2, 0.25) is 5.91 Å². The van der Waals surface area contributed by atoms with Crippen LogP contribution in [0.25, 0.3) is 0 Å². The van der Waals surface area contributed by atoms with Crippen LogP contribution in [0.5, 0.6) is 0 Å². The van der Waals surface area contributed by atoms with Crippen LogP contribution >= 0.6 is 0 Å². The normalized spacial score (nSPS) is 29.0.